The summed E-state index contributed by atoms with van der Waals surface area (Å²) in [6.45, 7) is 2.51. The maximum Gasteiger partial charge on any atom is 0.293 e. The summed E-state index contributed by atoms with van der Waals surface area (Å²) < 4.78 is 1.56. The molecule has 7 heteroatoms. The van der Waals surface area contributed by atoms with Crippen LogP contribution in [0.3, 0.4) is 0 Å². The van der Waals surface area contributed by atoms with Crippen molar-refractivity contribution >= 4 is 11.7 Å². The molecule has 1 unspecified atom stereocenters. The minimum atomic E-state index is -0.228. The largest absolute Gasteiger partial charge is 0.394 e. The molecule has 1 saturated heterocycles. The third-order valence-corrected chi connectivity index (χ3v) is 3.72. The third kappa shape index (κ3) is 2.14. The molecule has 0 bridgehead atoms. The average molecular weight is 275 g/mol. The van der Waals surface area contributed by atoms with Gasteiger partial charge in [-0.1, -0.05) is 0 Å². The number of aryl methyl sites for hydroxylation is 1. The van der Waals surface area contributed by atoms with Gasteiger partial charge in [-0.3, -0.25) is 4.79 Å². The molecule has 20 heavy (non-hydrogen) atoms. The van der Waals surface area contributed by atoms with Gasteiger partial charge in [0.25, 0.3) is 11.7 Å². The van der Waals surface area contributed by atoms with Gasteiger partial charge in [0.15, 0.2) is 0 Å². The molecular weight excluding hydrogens is 258 g/mol. The van der Waals surface area contributed by atoms with Gasteiger partial charge in [-0.2, -0.15) is 4.98 Å². The zero-order chi connectivity index (χ0) is 14.1. The topological polar surface area (TPSA) is 83.6 Å². The number of carbonyl (C=O) groups excluding carboxylic acids is 1. The summed E-state index contributed by atoms with van der Waals surface area (Å²) in [7, 11) is 0. The van der Waals surface area contributed by atoms with E-state index in [1.807, 2.05) is 13.0 Å². The fourth-order valence-corrected chi connectivity index (χ4v) is 2.58. The van der Waals surface area contributed by atoms with Crippen LogP contribution in [0, 0.1) is 6.92 Å². The molecule has 7 nitrogen and oxygen atoms in total. The SMILES string of the molecule is Cc1ccnc2nc(C(=O)N3CCCCC3CO)nn12. The highest BCUT2D eigenvalue weighted by molar-refractivity contribution is 5.91. The van der Waals surface area contributed by atoms with Crippen LogP contribution >= 0.6 is 0 Å². The van der Waals surface area contributed by atoms with Gasteiger partial charge < -0.3 is 10.0 Å². The van der Waals surface area contributed by atoms with Crippen molar-refractivity contribution in [3.05, 3.63) is 23.8 Å². The number of hydrogen-bond donors (Lipinski definition) is 1. The number of aromatic nitrogens is 4. The molecule has 2 aromatic heterocycles. The number of amides is 1. The van der Waals surface area contributed by atoms with Gasteiger partial charge in [0.05, 0.1) is 12.6 Å². The van der Waals surface area contributed by atoms with Crippen LogP contribution in [-0.2, 0) is 0 Å². The molecule has 3 rings (SSSR count). The van der Waals surface area contributed by atoms with Crippen molar-refractivity contribution < 1.29 is 9.90 Å². The lowest BCUT2D eigenvalue weighted by atomic mass is 10.0. The first-order valence-electron chi connectivity index (χ1n) is 6.81. The molecule has 106 valence electrons. The van der Waals surface area contributed by atoms with Crippen molar-refractivity contribution in [1.29, 1.82) is 0 Å². The van der Waals surface area contributed by atoms with Gasteiger partial charge in [0.2, 0.25) is 5.82 Å². The summed E-state index contributed by atoms with van der Waals surface area (Å²) in [5.41, 5.74) is 0.874. The van der Waals surface area contributed by atoms with Crippen LogP contribution < -0.4 is 0 Å². The lowest BCUT2D eigenvalue weighted by Crippen LogP contribution is -2.46. The molecule has 1 aliphatic rings. The Labute approximate surface area is 116 Å². The summed E-state index contributed by atoms with van der Waals surface area (Å²) in [6.07, 6.45) is 4.46. The zero-order valence-electron chi connectivity index (χ0n) is 11.4. The van der Waals surface area contributed by atoms with Gasteiger partial charge in [0.1, 0.15) is 0 Å². The lowest BCUT2D eigenvalue weighted by molar-refractivity contribution is 0.0491. The maximum atomic E-state index is 12.5. The molecule has 0 radical (unpaired) electrons. The predicted molar refractivity (Wildman–Crippen MR) is 71.3 cm³/mol. The Morgan fingerprint density at radius 3 is 3.10 bits per heavy atom. The highest BCUT2D eigenvalue weighted by Gasteiger charge is 2.29. The molecule has 0 aliphatic carbocycles. The van der Waals surface area contributed by atoms with Gasteiger partial charge >= 0.3 is 0 Å². The molecule has 3 heterocycles. The first-order chi connectivity index (χ1) is 9.70. The Hall–Kier alpha value is -2.02. The van der Waals surface area contributed by atoms with Gasteiger partial charge in [-0.25, -0.2) is 9.50 Å². The van der Waals surface area contributed by atoms with E-state index in [-0.39, 0.29) is 24.4 Å². The van der Waals surface area contributed by atoms with Gasteiger partial charge in [0, 0.05) is 18.4 Å². The number of hydrogen-bond acceptors (Lipinski definition) is 5. The van der Waals surface area contributed by atoms with Gasteiger partial charge in [-0.15, -0.1) is 5.10 Å². The number of aliphatic hydroxyl groups is 1. The Bertz CT molecular complexity index is 639. The third-order valence-electron chi connectivity index (χ3n) is 3.72. The smallest absolute Gasteiger partial charge is 0.293 e. The molecule has 2 aromatic rings. The highest BCUT2D eigenvalue weighted by atomic mass is 16.3. The van der Waals surface area contributed by atoms with Crippen LogP contribution in [0.2, 0.25) is 0 Å². The number of aliphatic hydroxyl groups excluding tert-OH is 1. The maximum absolute atomic E-state index is 12.5. The van der Waals surface area contributed by atoms with Crippen LogP contribution in [0.25, 0.3) is 5.78 Å². The fraction of sp³-hybridized carbons (Fsp3) is 0.538. The summed E-state index contributed by atoms with van der Waals surface area (Å²) >= 11 is 0. The van der Waals surface area contributed by atoms with E-state index in [1.54, 1.807) is 15.6 Å². The number of rotatable bonds is 2. The Morgan fingerprint density at radius 1 is 1.50 bits per heavy atom. The van der Waals surface area contributed by atoms with E-state index in [0.29, 0.717) is 12.3 Å². The number of carbonyl (C=O) groups is 1. The average Bonchev–Trinajstić information content (AvgIpc) is 2.92. The van der Waals surface area contributed by atoms with Crippen molar-refractivity contribution in [3.63, 3.8) is 0 Å². The minimum absolute atomic E-state index is 0.0175. The lowest BCUT2D eigenvalue weighted by Gasteiger charge is -2.33. The molecule has 1 N–H and O–H groups in total. The zero-order valence-corrected chi connectivity index (χ0v) is 11.4. The van der Waals surface area contributed by atoms with E-state index in [9.17, 15) is 9.90 Å². The van der Waals surface area contributed by atoms with Crippen molar-refractivity contribution in [2.75, 3.05) is 13.2 Å². The Kier molecular flexibility index (Phi) is 3.35. The monoisotopic (exact) mass is 275 g/mol. The first-order valence-corrected chi connectivity index (χ1v) is 6.81. The normalized spacial score (nSPS) is 19.5. The number of fused-ring (bicyclic) bond motifs is 1. The van der Waals surface area contributed by atoms with E-state index < -0.39 is 0 Å². The minimum Gasteiger partial charge on any atom is -0.394 e. The van der Waals surface area contributed by atoms with Crippen LogP contribution in [-0.4, -0.2) is 54.7 Å². The molecule has 0 spiro atoms. The van der Waals surface area contributed by atoms with E-state index in [4.69, 9.17) is 0 Å². The second-order valence-electron chi connectivity index (χ2n) is 5.06. The summed E-state index contributed by atoms with van der Waals surface area (Å²) in [4.78, 5) is 22.5. The molecule has 1 aliphatic heterocycles. The van der Waals surface area contributed by atoms with Crippen LogP contribution in [0.15, 0.2) is 12.3 Å². The molecular formula is C13H17N5O2. The fourth-order valence-electron chi connectivity index (χ4n) is 2.58. The second-order valence-corrected chi connectivity index (χ2v) is 5.06. The first kappa shape index (κ1) is 13.0. The Morgan fingerprint density at radius 2 is 2.35 bits per heavy atom. The summed E-state index contributed by atoms with van der Waals surface area (Å²) in [5, 5.41) is 13.6. The molecule has 0 saturated carbocycles. The van der Waals surface area contributed by atoms with Crippen LogP contribution in [0.5, 0.6) is 0 Å². The standard InChI is InChI=1S/C13H17N5O2/c1-9-5-6-14-13-15-11(16-18(9)13)12(20)17-7-3-2-4-10(17)8-19/h5-6,10,19H,2-4,7-8H2,1H3. The van der Waals surface area contributed by atoms with Crippen molar-refractivity contribution in [2.45, 2.75) is 32.2 Å². The van der Waals surface area contributed by atoms with Crippen molar-refractivity contribution in [3.8, 4) is 0 Å². The van der Waals surface area contributed by atoms with Gasteiger partial charge in [-0.05, 0) is 32.3 Å². The molecule has 1 fully saturated rings. The van der Waals surface area contributed by atoms with Crippen LogP contribution in [0.1, 0.15) is 35.6 Å². The van der Waals surface area contributed by atoms with Crippen molar-refractivity contribution in [1.82, 2.24) is 24.5 Å². The van der Waals surface area contributed by atoms with Crippen molar-refractivity contribution in [2.24, 2.45) is 0 Å². The van der Waals surface area contributed by atoms with E-state index >= 15 is 0 Å². The predicted octanol–water partition coefficient (Wildman–Crippen LogP) is 0.420. The van der Waals surface area contributed by atoms with E-state index in [2.05, 4.69) is 15.1 Å². The van der Waals surface area contributed by atoms with E-state index in [1.165, 1.54) is 0 Å². The molecule has 1 atom stereocenters. The van der Waals surface area contributed by atoms with E-state index in [0.717, 1.165) is 25.0 Å². The number of likely N-dealkylation sites (tertiary alicyclic amines) is 1. The number of piperidine rings is 1. The molecule has 1 amide bonds. The summed E-state index contributed by atoms with van der Waals surface area (Å²) in [6, 6.07) is 1.69. The quantitative estimate of drug-likeness (QED) is 0.858. The molecule has 0 aromatic carbocycles. The summed E-state index contributed by atoms with van der Waals surface area (Å²) in [5.74, 6) is 0.340. The number of nitrogens with zero attached hydrogens (tertiary/aromatic N) is 5. The highest BCUT2D eigenvalue weighted by Crippen LogP contribution is 2.18. The van der Waals surface area contributed by atoms with Crippen LogP contribution in [0.4, 0.5) is 0 Å². The second kappa shape index (κ2) is 5.16. The Balaban J connectivity index is 1.93.